The molecule has 1 saturated carbocycles. The van der Waals surface area contributed by atoms with E-state index in [2.05, 4.69) is 15.4 Å². The molecule has 7 nitrogen and oxygen atoms in total. The van der Waals surface area contributed by atoms with Crippen LogP contribution in [0, 0.1) is 23.4 Å². The molecule has 13 heteroatoms. The maximum atomic E-state index is 14.2. The molecule has 0 spiro atoms. The number of hydrogen-bond donors (Lipinski definition) is 2. The van der Waals surface area contributed by atoms with E-state index < -0.39 is 53.7 Å². The Balaban J connectivity index is 1.36. The number of rotatable bonds is 8. The molecule has 0 unspecified atom stereocenters. The standard InChI is InChI=1S/C30H23F6N5O2/c31-17-6-14(7-18(32)12-17)8-23(27-19(2-1-5-38-27)15-3-4-22(33)21(9-15)29(37)43)39-25(42)13-41-24-11-16-10-20(16)26(24)28(40-41)30(34,35)36/h1-7,9,12,16,20,23H,8,10-11,13H2,(H2,37,43)(H,39,42)/t16-,20-,23+/m1/s1. The number of carbonyl (C=O) groups excluding carboxylic acids is 2. The van der Waals surface area contributed by atoms with Crippen molar-refractivity contribution in [3.63, 3.8) is 0 Å². The summed E-state index contributed by atoms with van der Waals surface area (Å²) >= 11 is 0. The van der Waals surface area contributed by atoms with Crippen molar-refractivity contribution in [1.29, 1.82) is 0 Å². The van der Waals surface area contributed by atoms with Gasteiger partial charge in [-0.1, -0.05) is 12.1 Å². The first kappa shape index (κ1) is 28.4. The molecule has 4 aromatic rings. The maximum Gasteiger partial charge on any atom is 0.435 e. The highest BCUT2D eigenvalue weighted by atomic mass is 19.4. The number of aromatic nitrogens is 3. The van der Waals surface area contributed by atoms with Gasteiger partial charge in [0.2, 0.25) is 5.91 Å². The van der Waals surface area contributed by atoms with Gasteiger partial charge in [-0.3, -0.25) is 19.3 Å². The average Bonchev–Trinajstić information content (AvgIpc) is 3.45. The summed E-state index contributed by atoms with van der Waals surface area (Å²) in [6.07, 6.45) is -2.38. The molecule has 2 aliphatic rings. The Kier molecular flexibility index (Phi) is 6.98. The third kappa shape index (κ3) is 5.58. The van der Waals surface area contributed by atoms with Gasteiger partial charge in [-0.05, 0) is 72.6 Å². The number of pyridine rings is 1. The summed E-state index contributed by atoms with van der Waals surface area (Å²) in [5.41, 5.74) is 5.49. The zero-order valence-corrected chi connectivity index (χ0v) is 22.3. The van der Waals surface area contributed by atoms with Crippen molar-refractivity contribution >= 4 is 11.8 Å². The number of hydrogen-bond acceptors (Lipinski definition) is 4. The molecule has 1 fully saturated rings. The Morgan fingerprint density at radius 2 is 1.81 bits per heavy atom. The smallest absolute Gasteiger partial charge is 0.366 e. The van der Waals surface area contributed by atoms with Crippen molar-refractivity contribution in [2.75, 3.05) is 0 Å². The van der Waals surface area contributed by atoms with Crippen LogP contribution < -0.4 is 11.1 Å². The quantitative estimate of drug-likeness (QED) is 0.271. The minimum atomic E-state index is -4.67. The van der Waals surface area contributed by atoms with Gasteiger partial charge in [0.05, 0.1) is 17.3 Å². The van der Waals surface area contributed by atoms with Gasteiger partial charge in [0.15, 0.2) is 5.69 Å². The van der Waals surface area contributed by atoms with Crippen molar-refractivity contribution in [2.24, 2.45) is 11.7 Å². The number of nitrogens with one attached hydrogen (secondary N) is 1. The average molecular weight is 600 g/mol. The van der Waals surface area contributed by atoms with Gasteiger partial charge in [0, 0.05) is 29.1 Å². The third-order valence-electron chi connectivity index (χ3n) is 7.82. The molecule has 0 bridgehead atoms. The van der Waals surface area contributed by atoms with Crippen LogP contribution in [0.25, 0.3) is 11.1 Å². The Morgan fingerprint density at radius 1 is 1.07 bits per heavy atom. The Bertz CT molecular complexity index is 1750. The molecule has 2 amide bonds. The highest BCUT2D eigenvalue weighted by Gasteiger charge is 2.53. The van der Waals surface area contributed by atoms with E-state index >= 15 is 0 Å². The van der Waals surface area contributed by atoms with E-state index in [0.29, 0.717) is 35.7 Å². The van der Waals surface area contributed by atoms with Gasteiger partial charge < -0.3 is 11.1 Å². The minimum Gasteiger partial charge on any atom is -0.366 e. The van der Waals surface area contributed by atoms with Gasteiger partial charge >= 0.3 is 6.18 Å². The second-order valence-corrected chi connectivity index (χ2v) is 10.8. The number of halogens is 6. The molecule has 43 heavy (non-hydrogen) atoms. The van der Waals surface area contributed by atoms with E-state index in [9.17, 15) is 35.9 Å². The lowest BCUT2D eigenvalue weighted by molar-refractivity contribution is -0.142. The highest BCUT2D eigenvalue weighted by molar-refractivity contribution is 5.94. The first-order chi connectivity index (χ1) is 20.4. The zero-order chi connectivity index (χ0) is 30.6. The zero-order valence-electron chi connectivity index (χ0n) is 22.3. The fourth-order valence-electron chi connectivity index (χ4n) is 5.91. The van der Waals surface area contributed by atoms with Crippen LogP contribution in [0.15, 0.2) is 54.7 Å². The molecule has 2 aliphatic carbocycles. The lowest BCUT2D eigenvalue weighted by Gasteiger charge is -2.22. The van der Waals surface area contributed by atoms with Crippen LogP contribution in [0.5, 0.6) is 0 Å². The summed E-state index contributed by atoms with van der Waals surface area (Å²) in [4.78, 5) is 29.5. The summed E-state index contributed by atoms with van der Waals surface area (Å²) in [7, 11) is 0. The maximum absolute atomic E-state index is 14.2. The first-order valence-electron chi connectivity index (χ1n) is 13.3. The van der Waals surface area contributed by atoms with Crippen molar-refractivity contribution in [3.05, 3.63) is 106 Å². The second-order valence-electron chi connectivity index (χ2n) is 10.8. The number of primary amides is 1. The monoisotopic (exact) mass is 599 g/mol. The number of alkyl halides is 3. The van der Waals surface area contributed by atoms with Crippen LogP contribution in [0.2, 0.25) is 0 Å². The summed E-state index contributed by atoms with van der Waals surface area (Å²) in [5.74, 6) is -4.37. The molecule has 222 valence electrons. The topological polar surface area (TPSA) is 103 Å². The molecule has 3 N–H and O–H groups in total. The lowest BCUT2D eigenvalue weighted by Crippen LogP contribution is -2.34. The van der Waals surface area contributed by atoms with Crippen LogP contribution in [0.1, 0.15) is 56.9 Å². The minimum absolute atomic E-state index is 0.108. The number of fused-ring (bicyclic) bond motifs is 3. The lowest BCUT2D eigenvalue weighted by atomic mass is 9.94. The Morgan fingerprint density at radius 3 is 2.51 bits per heavy atom. The Hall–Kier alpha value is -4.68. The predicted molar refractivity (Wildman–Crippen MR) is 141 cm³/mol. The van der Waals surface area contributed by atoms with E-state index in [1.165, 1.54) is 18.3 Å². The number of nitrogens with two attached hydrogens (primary N) is 1. The van der Waals surface area contributed by atoms with Crippen LogP contribution in [-0.2, 0) is 30.4 Å². The molecule has 2 aromatic heterocycles. The fourth-order valence-corrected chi connectivity index (χ4v) is 5.91. The van der Waals surface area contributed by atoms with E-state index in [1.54, 1.807) is 12.1 Å². The number of benzene rings is 2. The van der Waals surface area contributed by atoms with E-state index in [1.807, 2.05) is 0 Å². The molecular weight excluding hydrogens is 576 g/mol. The normalized spacial score (nSPS) is 17.7. The van der Waals surface area contributed by atoms with Crippen LogP contribution in [0.4, 0.5) is 26.3 Å². The van der Waals surface area contributed by atoms with Crippen molar-refractivity contribution < 1.29 is 35.9 Å². The molecule has 2 aromatic carbocycles. The van der Waals surface area contributed by atoms with Crippen molar-refractivity contribution in [1.82, 2.24) is 20.1 Å². The molecule has 0 radical (unpaired) electrons. The second kappa shape index (κ2) is 10.5. The first-order valence-corrected chi connectivity index (χ1v) is 13.3. The highest BCUT2D eigenvalue weighted by Crippen LogP contribution is 2.59. The van der Waals surface area contributed by atoms with Crippen molar-refractivity contribution in [3.8, 4) is 11.1 Å². The molecule has 3 atom stereocenters. The Labute approximate surface area is 240 Å². The number of nitrogens with zero attached hydrogens (tertiary/aromatic N) is 3. The predicted octanol–water partition coefficient (Wildman–Crippen LogP) is 5.24. The molecule has 6 rings (SSSR count). The third-order valence-corrected chi connectivity index (χ3v) is 7.82. The SMILES string of the molecule is NC(=O)c1cc(-c2cccnc2[C@H](Cc2cc(F)cc(F)c2)NC(=O)Cn2nc(C(F)(F)F)c3c2C[C@H]2C[C@@H]32)ccc1F. The van der Waals surface area contributed by atoms with E-state index in [0.717, 1.165) is 22.9 Å². The van der Waals surface area contributed by atoms with Gasteiger partial charge in [-0.25, -0.2) is 13.2 Å². The van der Waals surface area contributed by atoms with Crippen LogP contribution >= 0.6 is 0 Å². The number of amides is 2. The molecule has 0 aliphatic heterocycles. The molecule has 0 saturated heterocycles. The van der Waals surface area contributed by atoms with Crippen LogP contribution in [0.3, 0.4) is 0 Å². The van der Waals surface area contributed by atoms with Crippen molar-refractivity contribution in [2.45, 2.75) is 43.9 Å². The summed E-state index contributed by atoms with van der Waals surface area (Å²) < 4.78 is 84.6. The summed E-state index contributed by atoms with van der Waals surface area (Å²) in [6.45, 7) is -0.531. The van der Waals surface area contributed by atoms with Gasteiger partial charge in [0.1, 0.15) is 24.0 Å². The van der Waals surface area contributed by atoms with Gasteiger partial charge in [-0.15, -0.1) is 0 Å². The van der Waals surface area contributed by atoms with E-state index in [-0.39, 0.29) is 40.6 Å². The van der Waals surface area contributed by atoms with Gasteiger partial charge in [0.25, 0.3) is 5.91 Å². The molecule has 2 heterocycles. The largest absolute Gasteiger partial charge is 0.435 e. The summed E-state index contributed by atoms with van der Waals surface area (Å²) in [6, 6.07) is 8.59. The summed E-state index contributed by atoms with van der Waals surface area (Å²) in [5, 5.41) is 6.48. The van der Waals surface area contributed by atoms with Crippen LogP contribution in [-0.4, -0.2) is 26.6 Å². The fraction of sp³-hybridized carbons (Fsp3) is 0.267. The molecular formula is C30H23F6N5O2. The van der Waals surface area contributed by atoms with E-state index in [4.69, 9.17) is 5.73 Å². The van der Waals surface area contributed by atoms with Gasteiger partial charge in [-0.2, -0.15) is 18.3 Å². The number of carbonyl (C=O) groups is 2.